The summed E-state index contributed by atoms with van der Waals surface area (Å²) in [5, 5.41) is 0. The highest BCUT2D eigenvalue weighted by Gasteiger charge is 2.02. The Morgan fingerprint density at radius 3 is 2.32 bits per heavy atom. The molecule has 0 unspecified atom stereocenters. The van der Waals surface area contributed by atoms with E-state index in [4.69, 9.17) is 4.74 Å². The van der Waals surface area contributed by atoms with Gasteiger partial charge in [-0.05, 0) is 42.5 Å². The molecule has 0 amide bonds. The fourth-order valence-electron chi connectivity index (χ4n) is 2.21. The quantitative estimate of drug-likeness (QED) is 0.549. The van der Waals surface area contributed by atoms with Crippen molar-refractivity contribution in [1.29, 1.82) is 0 Å². The van der Waals surface area contributed by atoms with Crippen LogP contribution >= 0.6 is 0 Å². The Kier molecular flexibility index (Phi) is 6.49. The first-order valence-corrected chi connectivity index (χ1v) is 7.60. The molecule has 0 bridgehead atoms. The van der Waals surface area contributed by atoms with Gasteiger partial charge in [0.25, 0.3) is 0 Å². The first-order valence-electron chi connectivity index (χ1n) is 7.60. The van der Waals surface area contributed by atoms with E-state index in [-0.39, 0.29) is 5.97 Å². The molecular formula is C19H22O3. The van der Waals surface area contributed by atoms with Crippen LogP contribution in [0.3, 0.4) is 0 Å². The second-order valence-electron chi connectivity index (χ2n) is 5.19. The molecule has 116 valence electrons. The highest BCUT2D eigenvalue weighted by molar-refractivity contribution is 5.72. The van der Waals surface area contributed by atoms with Gasteiger partial charge in [0.15, 0.2) is 0 Å². The molecular weight excluding hydrogens is 276 g/mol. The summed E-state index contributed by atoms with van der Waals surface area (Å²) in [5.74, 6) is 0.614. The van der Waals surface area contributed by atoms with Gasteiger partial charge in [-0.1, -0.05) is 42.5 Å². The molecule has 3 nitrogen and oxygen atoms in total. The maximum absolute atomic E-state index is 11.2. The van der Waals surface area contributed by atoms with Crippen LogP contribution in [-0.2, 0) is 22.4 Å². The zero-order chi connectivity index (χ0) is 15.6. The summed E-state index contributed by atoms with van der Waals surface area (Å²) in [7, 11) is 1.40. The van der Waals surface area contributed by atoms with Gasteiger partial charge in [-0.25, -0.2) is 0 Å². The van der Waals surface area contributed by atoms with Crippen molar-refractivity contribution >= 4 is 5.97 Å². The van der Waals surface area contributed by atoms with E-state index in [1.807, 2.05) is 30.3 Å². The predicted molar refractivity (Wildman–Crippen MR) is 87.0 cm³/mol. The van der Waals surface area contributed by atoms with Crippen molar-refractivity contribution < 1.29 is 14.3 Å². The van der Waals surface area contributed by atoms with Crippen LogP contribution in [0.15, 0.2) is 54.6 Å². The standard InChI is InChI=1S/C19H22O3/c1-21-19(20)15-17-10-12-18(13-11-17)22-14-6-5-9-16-7-3-2-4-8-16/h2-4,7-8,10-13H,5-6,9,14-15H2,1H3. The zero-order valence-corrected chi connectivity index (χ0v) is 13.0. The van der Waals surface area contributed by atoms with Gasteiger partial charge >= 0.3 is 5.97 Å². The Morgan fingerprint density at radius 1 is 0.909 bits per heavy atom. The molecule has 0 atom stereocenters. The molecule has 0 aliphatic rings. The van der Waals surface area contributed by atoms with E-state index >= 15 is 0 Å². The van der Waals surface area contributed by atoms with Crippen LogP contribution in [0.1, 0.15) is 24.0 Å². The van der Waals surface area contributed by atoms with E-state index in [0.717, 1.165) is 30.6 Å². The van der Waals surface area contributed by atoms with E-state index in [1.165, 1.54) is 12.7 Å². The molecule has 0 fully saturated rings. The van der Waals surface area contributed by atoms with Crippen LogP contribution in [0.5, 0.6) is 5.75 Å². The predicted octanol–water partition coefficient (Wildman–Crippen LogP) is 3.80. The molecule has 0 heterocycles. The SMILES string of the molecule is COC(=O)Cc1ccc(OCCCCc2ccccc2)cc1. The first-order chi connectivity index (χ1) is 10.8. The summed E-state index contributed by atoms with van der Waals surface area (Å²) in [5.41, 5.74) is 2.30. The summed E-state index contributed by atoms with van der Waals surface area (Å²) in [6.07, 6.45) is 3.53. The molecule has 0 saturated heterocycles. The smallest absolute Gasteiger partial charge is 0.309 e. The molecule has 2 aromatic carbocycles. The number of hydrogen-bond acceptors (Lipinski definition) is 3. The van der Waals surface area contributed by atoms with Crippen LogP contribution in [0.4, 0.5) is 0 Å². The van der Waals surface area contributed by atoms with Gasteiger partial charge in [0.05, 0.1) is 20.1 Å². The van der Waals surface area contributed by atoms with Crippen LogP contribution < -0.4 is 4.74 Å². The van der Waals surface area contributed by atoms with E-state index in [1.54, 1.807) is 0 Å². The number of rotatable bonds is 8. The molecule has 0 saturated carbocycles. The van der Waals surface area contributed by atoms with Crippen LogP contribution in [0.25, 0.3) is 0 Å². The Morgan fingerprint density at radius 2 is 1.64 bits per heavy atom. The number of carbonyl (C=O) groups is 1. The van der Waals surface area contributed by atoms with E-state index < -0.39 is 0 Å². The lowest BCUT2D eigenvalue weighted by atomic mass is 10.1. The maximum atomic E-state index is 11.2. The minimum atomic E-state index is -0.227. The largest absolute Gasteiger partial charge is 0.494 e. The Hall–Kier alpha value is -2.29. The number of esters is 1. The van der Waals surface area contributed by atoms with E-state index in [9.17, 15) is 4.79 Å². The fraction of sp³-hybridized carbons (Fsp3) is 0.316. The van der Waals surface area contributed by atoms with Crippen molar-refractivity contribution in [3.05, 3.63) is 65.7 Å². The number of carbonyl (C=O) groups excluding carboxylic acids is 1. The van der Waals surface area contributed by atoms with Gasteiger partial charge in [-0.3, -0.25) is 4.79 Å². The lowest BCUT2D eigenvalue weighted by molar-refractivity contribution is -0.139. The third-order valence-corrected chi connectivity index (χ3v) is 3.47. The molecule has 2 rings (SSSR count). The fourth-order valence-corrected chi connectivity index (χ4v) is 2.21. The van der Waals surface area contributed by atoms with Gasteiger partial charge in [-0.2, -0.15) is 0 Å². The molecule has 22 heavy (non-hydrogen) atoms. The topological polar surface area (TPSA) is 35.5 Å². The van der Waals surface area contributed by atoms with Crippen LogP contribution in [-0.4, -0.2) is 19.7 Å². The van der Waals surface area contributed by atoms with Crippen LogP contribution in [0, 0.1) is 0 Å². The average Bonchev–Trinajstić information content (AvgIpc) is 2.57. The van der Waals surface area contributed by atoms with Crippen molar-refractivity contribution in [2.75, 3.05) is 13.7 Å². The molecule has 0 N–H and O–H groups in total. The maximum Gasteiger partial charge on any atom is 0.309 e. The summed E-state index contributed by atoms with van der Waals surface area (Å²) in [4.78, 5) is 11.2. The number of benzene rings is 2. The first kappa shape index (κ1) is 16.1. The van der Waals surface area contributed by atoms with Gasteiger partial charge < -0.3 is 9.47 Å². The molecule has 2 aromatic rings. The monoisotopic (exact) mass is 298 g/mol. The Balaban J connectivity index is 1.65. The summed E-state index contributed by atoms with van der Waals surface area (Å²) < 4.78 is 10.4. The van der Waals surface area contributed by atoms with E-state index in [0.29, 0.717) is 13.0 Å². The molecule has 3 heteroatoms. The van der Waals surface area contributed by atoms with E-state index in [2.05, 4.69) is 29.0 Å². The van der Waals surface area contributed by atoms with Gasteiger partial charge in [0, 0.05) is 0 Å². The Labute approximate surface area is 131 Å². The third kappa shape index (κ3) is 5.60. The van der Waals surface area contributed by atoms with Gasteiger partial charge in [0.2, 0.25) is 0 Å². The number of hydrogen-bond donors (Lipinski definition) is 0. The lowest BCUT2D eigenvalue weighted by Gasteiger charge is -2.07. The highest BCUT2D eigenvalue weighted by Crippen LogP contribution is 2.14. The molecule has 0 aliphatic carbocycles. The number of unbranched alkanes of at least 4 members (excludes halogenated alkanes) is 1. The molecule has 0 aliphatic heterocycles. The number of aryl methyl sites for hydroxylation is 1. The number of ether oxygens (including phenoxy) is 2. The van der Waals surface area contributed by atoms with Crippen LogP contribution in [0.2, 0.25) is 0 Å². The normalized spacial score (nSPS) is 10.2. The third-order valence-electron chi connectivity index (χ3n) is 3.47. The second-order valence-corrected chi connectivity index (χ2v) is 5.19. The molecule has 0 spiro atoms. The average molecular weight is 298 g/mol. The number of methoxy groups -OCH3 is 1. The van der Waals surface area contributed by atoms with Crippen molar-refractivity contribution in [1.82, 2.24) is 0 Å². The Bertz CT molecular complexity index is 561. The minimum absolute atomic E-state index is 0.227. The van der Waals surface area contributed by atoms with Crippen molar-refractivity contribution in [2.24, 2.45) is 0 Å². The summed E-state index contributed by atoms with van der Waals surface area (Å²) >= 11 is 0. The summed E-state index contributed by atoms with van der Waals surface area (Å²) in [6, 6.07) is 18.1. The van der Waals surface area contributed by atoms with Crippen molar-refractivity contribution in [3.8, 4) is 5.75 Å². The van der Waals surface area contributed by atoms with Gasteiger partial charge in [-0.15, -0.1) is 0 Å². The highest BCUT2D eigenvalue weighted by atomic mass is 16.5. The van der Waals surface area contributed by atoms with Crippen molar-refractivity contribution in [3.63, 3.8) is 0 Å². The molecule has 0 aromatic heterocycles. The minimum Gasteiger partial charge on any atom is -0.494 e. The van der Waals surface area contributed by atoms with Crippen molar-refractivity contribution in [2.45, 2.75) is 25.7 Å². The molecule has 0 radical (unpaired) electrons. The van der Waals surface area contributed by atoms with Gasteiger partial charge in [0.1, 0.15) is 5.75 Å². The zero-order valence-electron chi connectivity index (χ0n) is 13.0. The second kappa shape index (κ2) is 8.88. The summed E-state index contributed by atoms with van der Waals surface area (Å²) in [6.45, 7) is 0.711. The lowest BCUT2D eigenvalue weighted by Crippen LogP contribution is -2.04.